The number of carbonyl (C=O) groups is 3. The highest BCUT2D eigenvalue weighted by Gasteiger charge is 2.25. The Kier molecular flexibility index (Phi) is 5.66. The summed E-state index contributed by atoms with van der Waals surface area (Å²) in [5, 5.41) is 10.9. The lowest BCUT2D eigenvalue weighted by Crippen LogP contribution is -2.46. The molecule has 1 aliphatic rings. The van der Waals surface area contributed by atoms with Gasteiger partial charge in [0, 0.05) is 22.8 Å². The quantitative estimate of drug-likeness (QED) is 0.658. The second-order valence-corrected chi connectivity index (χ2v) is 7.38. The van der Waals surface area contributed by atoms with Crippen molar-refractivity contribution in [3.05, 3.63) is 24.3 Å². The van der Waals surface area contributed by atoms with Gasteiger partial charge in [-0.05, 0) is 44.0 Å². The van der Waals surface area contributed by atoms with Crippen molar-refractivity contribution in [2.75, 3.05) is 10.6 Å². The van der Waals surface area contributed by atoms with Gasteiger partial charge in [-0.15, -0.1) is 0 Å². The van der Waals surface area contributed by atoms with E-state index in [4.69, 9.17) is 0 Å². The van der Waals surface area contributed by atoms with Gasteiger partial charge in [-0.25, -0.2) is 4.79 Å². The summed E-state index contributed by atoms with van der Waals surface area (Å²) < 4.78 is 0. The Morgan fingerprint density at radius 1 is 1.04 bits per heavy atom. The van der Waals surface area contributed by atoms with Crippen molar-refractivity contribution in [1.29, 1.82) is 0 Å². The van der Waals surface area contributed by atoms with E-state index in [0.717, 1.165) is 18.5 Å². The molecule has 1 aromatic carbocycles. The molecule has 136 valence electrons. The summed E-state index contributed by atoms with van der Waals surface area (Å²) in [7, 11) is 0. The molecule has 2 rings (SSSR count). The highest BCUT2D eigenvalue weighted by molar-refractivity contribution is 5.98. The lowest BCUT2D eigenvalue weighted by atomic mass is 9.95. The summed E-state index contributed by atoms with van der Waals surface area (Å²) in [6.45, 7) is 7.21. The summed E-state index contributed by atoms with van der Waals surface area (Å²) in [4.78, 5) is 35.5. The molecule has 7 nitrogen and oxygen atoms in total. The van der Waals surface area contributed by atoms with Gasteiger partial charge in [-0.2, -0.15) is 0 Å². The number of urea groups is 1. The van der Waals surface area contributed by atoms with Crippen LogP contribution in [0.4, 0.5) is 16.2 Å². The molecule has 7 heteroatoms. The van der Waals surface area contributed by atoms with Crippen LogP contribution >= 0.6 is 0 Å². The fourth-order valence-electron chi connectivity index (χ4n) is 1.95. The molecule has 4 N–H and O–H groups in total. The maximum absolute atomic E-state index is 12.0. The van der Waals surface area contributed by atoms with Crippen LogP contribution in [0.25, 0.3) is 0 Å². The molecule has 0 heterocycles. The third kappa shape index (κ3) is 6.10. The Bertz CT molecular complexity index is 645. The minimum Gasteiger partial charge on any atom is -0.374 e. The molecular formula is C18H26N4O3. The van der Waals surface area contributed by atoms with Gasteiger partial charge in [0.05, 0.1) is 0 Å². The van der Waals surface area contributed by atoms with E-state index < -0.39 is 23.4 Å². The van der Waals surface area contributed by atoms with E-state index >= 15 is 0 Å². The van der Waals surface area contributed by atoms with Gasteiger partial charge in [-0.3, -0.25) is 14.9 Å². The molecule has 0 aliphatic heterocycles. The van der Waals surface area contributed by atoms with Crippen molar-refractivity contribution >= 4 is 29.2 Å². The molecular weight excluding hydrogens is 320 g/mol. The minimum atomic E-state index is -0.569. The number of hydrogen-bond donors (Lipinski definition) is 4. The summed E-state index contributed by atoms with van der Waals surface area (Å²) in [6.07, 6.45) is 1.93. The fraction of sp³-hybridized carbons (Fsp3) is 0.500. The second kappa shape index (κ2) is 7.55. The van der Waals surface area contributed by atoms with E-state index in [1.54, 1.807) is 31.2 Å². The maximum Gasteiger partial charge on any atom is 0.321 e. The Morgan fingerprint density at radius 3 is 2.12 bits per heavy atom. The average Bonchev–Trinajstić information content (AvgIpc) is 3.31. The summed E-state index contributed by atoms with van der Waals surface area (Å²) >= 11 is 0. The zero-order chi connectivity index (χ0) is 18.6. The molecule has 1 atom stereocenters. The number of anilines is 2. The smallest absolute Gasteiger partial charge is 0.321 e. The van der Waals surface area contributed by atoms with Crippen LogP contribution in [-0.2, 0) is 9.59 Å². The largest absolute Gasteiger partial charge is 0.374 e. The number of benzene rings is 1. The number of amides is 4. The van der Waals surface area contributed by atoms with Crippen molar-refractivity contribution in [2.24, 2.45) is 5.41 Å². The van der Waals surface area contributed by atoms with Crippen molar-refractivity contribution < 1.29 is 14.4 Å². The Balaban J connectivity index is 1.83. The normalized spacial score (nSPS) is 15.0. The van der Waals surface area contributed by atoms with Crippen LogP contribution in [0.3, 0.4) is 0 Å². The van der Waals surface area contributed by atoms with Crippen LogP contribution in [-0.4, -0.2) is 29.9 Å². The van der Waals surface area contributed by atoms with Gasteiger partial charge in [0.15, 0.2) is 0 Å². The van der Waals surface area contributed by atoms with E-state index in [-0.39, 0.29) is 11.9 Å². The first kappa shape index (κ1) is 18.8. The average molecular weight is 346 g/mol. The molecule has 1 unspecified atom stereocenters. The Labute approximate surface area is 147 Å². The molecule has 25 heavy (non-hydrogen) atoms. The Morgan fingerprint density at radius 2 is 1.60 bits per heavy atom. The third-order valence-corrected chi connectivity index (χ3v) is 3.75. The third-order valence-electron chi connectivity index (χ3n) is 3.75. The van der Waals surface area contributed by atoms with Gasteiger partial charge < -0.3 is 16.0 Å². The topological polar surface area (TPSA) is 99.3 Å². The van der Waals surface area contributed by atoms with E-state index in [1.165, 1.54) is 0 Å². The lowest BCUT2D eigenvalue weighted by Gasteiger charge is -2.18. The van der Waals surface area contributed by atoms with E-state index in [2.05, 4.69) is 21.3 Å². The number of carbonyl (C=O) groups excluding carboxylic acids is 3. The number of nitrogens with one attached hydrogen (secondary N) is 4. The molecule has 1 aliphatic carbocycles. The second-order valence-electron chi connectivity index (χ2n) is 7.38. The molecule has 0 radical (unpaired) electrons. The first-order valence-electron chi connectivity index (χ1n) is 8.44. The SMILES string of the molecule is CC(Nc1ccc(NC(=O)C(C)(C)C)cc1)C(=O)NC(=O)NC1CC1. The highest BCUT2D eigenvalue weighted by Crippen LogP contribution is 2.20. The zero-order valence-electron chi connectivity index (χ0n) is 15.1. The van der Waals surface area contributed by atoms with Gasteiger partial charge >= 0.3 is 6.03 Å². The minimum absolute atomic E-state index is 0.0670. The van der Waals surface area contributed by atoms with Crippen LogP contribution in [0.5, 0.6) is 0 Å². The molecule has 0 spiro atoms. The van der Waals surface area contributed by atoms with E-state index in [9.17, 15) is 14.4 Å². The van der Waals surface area contributed by atoms with Crippen LogP contribution in [0.2, 0.25) is 0 Å². The zero-order valence-corrected chi connectivity index (χ0v) is 15.1. The van der Waals surface area contributed by atoms with Crippen molar-refractivity contribution in [3.8, 4) is 0 Å². The summed E-state index contributed by atoms with van der Waals surface area (Å²) in [6, 6.07) is 6.24. The highest BCUT2D eigenvalue weighted by atomic mass is 16.2. The fourth-order valence-corrected chi connectivity index (χ4v) is 1.95. The van der Waals surface area contributed by atoms with E-state index in [0.29, 0.717) is 5.69 Å². The van der Waals surface area contributed by atoms with Gasteiger partial charge in [0.2, 0.25) is 11.8 Å². The van der Waals surface area contributed by atoms with Gasteiger partial charge in [0.25, 0.3) is 0 Å². The Hall–Kier alpha value is -2.57. The number of rotatable bonds is 5. The monoisotopic (exact) mass is 346 g/mol. The maximum atomic E-state index is 12.0. The van der Waals surface area contributed by atoms with Gasteiger partial charge in [0.1, 0.15) is 6.04 Å². The van der Waals surface area contributed by atoms with Crippen LogP contribution < -0.4 is 21.3 Å². The predicted molar refractivity (Wildman–Crippen MR) is 97.3 cm³/mol. The van der Waals surface area contributed by atoms with Crippen LogP contribution in [0.15, 0.2) is 24.3 Å². The first-order chi connectivity index (χ1) is 11.6. The number of imide groups is 1. The molecule has 1 saturated carbocycles. The molecule has 0 bridgehead atoms. The predicted octanol–water partition coefficient (Wildman–Crippen LogP) is 2.46. The lowest BCUT2D eigenvalue weighted by molar-refractivity contribution is -0.123. The summed E-state index contributed by atoms with van der Waals surface area (Å²) in [5.74, 6) is -0.467. The van der Waals surface area contributed by atoms with Crippen molar-refractivity contribution in [2.45, 2.75) is 52.6 Å². The van der Waals surface area contributed by atoms with Crippen molar-refractivity contribution in [3.63, 3.8) is 0 Å². The number of hydrogen-bond acceptors (Lipinski definition) is 4. The van der Waals surface area contributed by atoms with Gasteiger partial charge in [-0.1, -0.05) is 20.8 Å². The molecule has 0 saturated heterocycles. The standard InChI is InChI=1S/C18H26N4O3/c1-11(15(23)22-17(25)21-14-9-10-14)19-12-5-7-13(8-6-12)20-16(24)18(2,3)4/h5-8,11,14,19H,9-10H2,1-4H3,(H,20,24)(H2,21,22,23,25). The first-order valence-corrected chi connectivity index (χ1v) is 8.44. The summed E-state index contributed by atoms with van der Waals surface area (Å²) in [5.41, 5.74) is 0.940. The molecule has 1 aromatic rings. The molecule has 4 amide bonds. The van der Waals surface area contributed by atoms with E-state index in [1.807, 2.05) is 20.8 Å². The molecule has 0 aromatic heterocycles. The van der Waals surface area contributed by atoms with Crippen molar-refractivity contribution in [1.82, 2.24) is 10.6 Å². The molecule has 1 fully saturated rings. The van der Waals surface area contributed by atoms with Crippen LogP contribution in [0.1, 0.15) is 40.5 Å². The van der Waals surface area contributed by atoms with Crippen LogP contribution in [0, 0.1) is 5.41 Å².